The van der Waals surface area contributed by atoms with Crippen molar-refractivity contribution in [3.05, 3.63) is 82.1 Å². The molecule has 1 atom stereocenters. The van der Waals surface area contributed by atoms with Gasteiger partial charge in [-0.05, 0) is 37.5 Å². The number of ether oxygens (including phenoxy) is 1. The summed E-state index contributed by atoms with van der Waals surface area (Å²) in [5.74, 6) is -0.375. The molecule has 0 radical (unpaired) electrons. The molecule has 35 heavy (non-hydrogen) atoms. The number of carboxylic acid groups (broad SMARTS) is 1. The van der Waals surface area contributed by atoms with Crippen LogP contribution in [0.5, 0.6) is 5.88 Å². The number of hydrogen-bond donors (Lipinski definition) is 1. The minimum absolute atomic E-state index is 0.0516. The number of benzene rings is 1. The van der Waals surface area contributed by atoms with E-state index in [0.29, 0.717) is 28.8 Å². The number of hydrogen-bond acceptors (Lipinski definition) is 7. The zero-order chi connectivity index (χ0) is 24.4. The van der Waals surface area contributed by atoms with Gasteiger partial charge in [0, 0.05) is 42.8 Å². The van der Waals surface area contributed by atoms with Gasteiger partial charge in [0.2, 0.25) is 11.3 Å². The Hall–Kier alpha value is -3.98. The fraction of sp³-hybridized carbons (Fsp3) is 0.240. The molecule has 5 rings (SSSR count). The van der Waals surface area contributed by atoms with Crippen molar-refractivity contribution in [3.8, 4) is 11.7 Å². The van der Waals surface area contributed by atoms with Gasteiger partial charge in [-0.3, -0.25) is 14.3 Å². The van der Waals surface area contributed by atoms with E-state index in [1.54, 1.807) is 16.8 Å². The SMILES string of the molecule is O=C(O)c1cn(-c2cnccn2)c2cc(N3CCCCC3COc3ccccn3)c(Cl)cc2c1=O. The van der Waals surface area contributed by atoms with Crippen LogP contribution < -0.4 is 15.1 Å². The molecule has 0 bridgehead atoms. The average Bonchev–Trinajstić information content (AvgIpc) is 2.89. The van der Waals surface area contributed by atoms with E-state index < -0.39 is 11.4 Å². The van der Waals surface area contributed by atoms with Gasteiger partial charge in [0.1, 0.15) is 12.2 Å². The molecule has 4 aromatic rings. The quantitative estimate of drug-likeness (QED) is 0.431. The average molecular weight is 492 g/mol. The van der Waals surface area contributed by atoms with Crippen molar-refractivity contribution in [1.29, 1.82) is 0 Å². The molecule has 1 aromatic carbocycles. The Kier molecular flexibility index (Phi) is 6.33. The lowest BCUT2D eigenvalue weighted by Crippen LogP contribution is -2.43. The van der Waals surface area contributed by atoms with Gasteiger partial charge in [-0.15, -0.1) is 0 Å². The number of carboxylic acids is 1. The smallest absolute Gasteiger partial charge is 0.341 e. The summed E-state index contributed by atoms with van der Waals surface area (Å²) in [6.07, 6.45) is 10.5. The lowest BCUT2D eigenvalue weighted by atomic mass is 10.0. The van der Waals surface area contributed by atoms with Crippen LogP contribution in [0.2, 0.25) is 5.02 Å². The van der Waals surface area contributed by atoms with E-state index in [4.69, 9.17) is 16.3 Å². The number of pyridine rings is 2. The molecular formula is C25H22ClN5O4. The van der Waals surface area contributed by atoms with Gasteiger partial charge in [0.15, 0.2) is 5.82 Å². The van der Waals surface area contributed by atoms with Crippen LogP contribution in [0.25, 0.3) is 16.7 Å². The molecule has 10 heteroatoms. The van der Waals surface area contributed by atoms with Crippen molar-refractivity contribution in [3.63, 3.8) is 0 Å². The standard InChI is InChI=1S/C25H22ClN5O4/c26-19-11-17-20(31(22-13-27-8-9-28-22)14-18(24(17)32)25(33)34)12-21(19)30-10-4-2-5-16(30)15-35-23-6-1-3-7-29-23/h1,3,6-9,11-14,16H,2,4-5,10,15H2,(H,33,34). The molecule has 9 nitrogen and oxygen atoms in total. The van der Waals surface area contributed by atoms with E-state index in [9.17, 15) is 14.7 Å². The van der Waals surface area contributed by atoms with Gasteiger partial charge in [-0.25, -0.2) is 14.8 Å². The first kappa shape index (κ1) is 22.8. The second-order valence-electron chi connectivity index (χ2n) is 8.25. The number of aromatic carboxylic acids is 1. The van der Waals surface area contributed by atoms with Crippen molar-refractivity contribution in [2.45, 2.75) is 25.3 Å². The Bertz CT molecular complexity index is 1430. The summed E-state index contributed by atoms with van der Waals surface area (Å²) in [5, 5.41) is 10.2. The third-order valence-electron chi connectivity index (χ3n) is 6.10. The maximum atomic E-state index is 13.0. The molecule has 178 valence electrons. The molecule has 1 aliphatic heterocycles. The zero-order valence-corrected chi connectivity index (χ0v) is 19.4. The van der Waals surface area contributed by atoms with E-state index >= 15 is 0 Å². The van der Waals surface area contributed by atoms with Crippen molar-refractivity contribution in [2.75, 3.05) is 18.1 Å². The minimum atomic E-state index is -1.32. The molecule has 1 aliphatic rings. The molecule has 4 heterocycles. The molecule has 1 saturated heterocycles. The highest BCUT2D eigenvalue weighted by atomic mass is 35.5. The van der Waals surface area contributed by atoms with Crippen molar-refractivity contribution in [1.82, 2.24) is 19.5 Å². The topological polar surface area (TPSA) is 110 Å². The van der Waals surface area contributed by atoms with Crippen LogP contribution in [0, 0.1) is 0 Å². The third kappa shape index (κ3) is 4.54. The molecule has 1 unspecified atom stereocenters. The summed E-state index contributed by atoms with van der Waals surface area (Å²) in [7, 11) is 0. The zero-order valence-electron chi connectivity index (χ0n) is 18.7. The Morgan fingerprint density at radius 1 is 1.17 bits per heavy atom. The number of fused-ring (bicyclic) bond motifs is 1. The van der Waals surface area contributed by atoms with Crippen LogP contribution in [0.4, 0.5) is 5.69 Å². The predicted octanol–water partition coefficient (Wildman–Crippen LogP) is 3.97. The first-order valence-electron chi connectivity index (χ1n) is 11.2. The number of aromatic nitrogens is 4. The normalized spacial score (nSPS) is 15.8. The van der Waals surface area contributed by atoms with Gasteiger partial charge in [-0.1, -0.05) is 17.7 Å². The molecule has 1 N–H and O–H groups in total. The van der Waals surface area contributed by atoms with Gasteiger partial charge < -0.3 is 14.7 Å². The van der Waals surface area contributed by atoms with Gasteiger partial charge in [0.25, 0.3) is 0 Å². The van der Waals surface area contributed by atoms with Crippen molar-refractivity contribution in [2.24, 2.45) is 0 Å². The molecule has 1 fully saturated rings. The number of halogens is 1. The number of carbonyl (C=O) groups is 1. The van der Waals surface area contributed by atoms with Crippen LogP contribution in [-0.2, 0) is 0 Å². The number of anilines is 1. The van der Waals surface area contributed by atoms with Gasteiger partial charge in [-0.2, -0.15) is 0 Å². The van der Waals surface area contributed by atoms with Gasteiger partial charge >= 0.3 is 5.97 Å². The first-order valence-corrected chi connectivity index (χ1v) is 11.6. The lowest BCUT2D eigenvalue weighted by molar-refractivity contribution is 0.0695. The van der Waals surface area contributed by atoms with Crippen molar-refractivity contribution < 1.29 is 14.6 Å². The fourth-order valence-corrected chi connectivity index (χ4v) is 4.69. The largest absolute Gasteiger partial charge is 0.477 e. The predicted molar refractivity (Wildman–Crippen MR) is 132 cm³/mol. The molecule has 0 saturated carbocycles. The molecular weight excluding hydrogens is 470 g/mol. The second kappa shape index (κ2) is 9.71. The molecule has 0 aliphatic carbocycles. The molecule has 0 spiro atoms. The summed E-state index contributed by atoms with van der Waals surface area (Å²) in [6, 6.07) is 8.93. The highest BCUT2D eigenvalue weighted by Crippen LogP contribution is 2.35. The van der Waals surface area contributed by atoms with Crippen LogP contribution >= 0.6 is 11.6 Å². The highest BCUT2D eigenvalue weighted by Gasteiger charge is 2.27. The Labute approximate surface area is 205 Å². The van der Waals surface area contributed by atoms with Crippen LogP contribution in [0.1, 0.15) is 29.6 Å². The fourth-order valence-electron chi connectivity index (χ4n) is 4.42. The maximum absolute atomic E-state index is 13.0. The summed E-state index contributed by atoms with van der Waals surface area (Å²) in [6.45, 7) is 1.20. The summed E-state index contributed by atoms with van der Waals surface area (Å²) >= 11 is 6.70. The highest BCUT2D eigenvalue weighted by molar-refractivity contribution is 6.34. The first-order chi connectivity index (χ1) is 17.0. The Balaban J connectivity index is 1.61. The monoisotopic (exact) mass is 491 g/mol. The maximum Gasteiger partial charge on any atom is 0.341 e. The van der Waals surface area contributed by atoms with Crippen LogP contribution in [0.3, 0.4) is 0 Å². The van der Waals surface area contributed by atoms with E-state index in [0.717, 1.165) is 31.5 Å². The summed E-state index contributed by atoms with van der Waals surface area (Å²) < 4.78 is 7.51. The third-order valence-corrected chi connectivity index (χ3v) is 6.40. The van der Waals surface area contributed by atoms with Crippen LogP contribution in [-0.4, -0.2) is 49.8 Å². The molecule has 0 amide bonds. The number of rotatable bonds is 6. The van der Waals surface area contributed by atoms with Crippen LogP contribution in [0.15, 0.2) is 66.1 Å². The summed E-state index contributed by atoms with van der Waals surface area (Å²) in [4.78, 5) is 39.6. The van der Waals surface area contributed by atoms with E-state index in [-0.39, 0.29) is 17.0 Å². The molecule has 3 aromatic heterocycles. The number of piperidine rings is 1. The number of nitrogens with zero attached hydrogens (tertiary/aromatic N) is 5. The van der Waals surface area contributed by atoms with Crippen molar-refractivity contribution >= 4 is 34.2 Å². The van der Waals surface area contributed by atoms with Gasteiger partial charge in [0.05, 0.1) is 28.5 Å². The minimum Gasteiger partial charge on any atom is -0.477 e. The van der Waals surface area contributed by atoms with E-state index in [1.165, 1.54) is 24.8 Å². The Morgan fingerprint density at radius 2 is 2.06 bits per heavy atom. The Morgan fingerprint density at radius 3 is 2.80 bits per heavy atom. The van der Waals surface area contributed by atoms with E-state index in [2.05, 4.69) is 19.9 Å². The lowest BCUT2D eigenvalue weighted by Gasteiger charge is -2.38. The second-order valence-corrected chi connectivity index (χ2v) is 8.66. The van der Waals surface area contributed by atoms with E-state index in [1.807, 2.05) is 24.3 Å². The summed E-state index contributed by atoms with van der Waals surface area (Å²) in [5.41, 5.74) is 0.268.